The Hall–Kier alpha value is -6.88. The van der Waals surface area contributed by atoms with Crippen LogP contribution in [0.2, 0.25) is 0 Å². The number of aromatic nitrogens is 2. The van der Waals surface area contributed by atoms with E-state index in [4.69, 9.17) is 0 Å². The molecule has 2 heterocycles. The molecule has 0 aliphatic carbocycles. The van der Waals surface area contributed by atoms with Crippen molar-refractivity contribution in [2.24, 2.45) is 0 Å². The van der Waals surface area contributed by atoms with E-state index in [1.807, 2.05) is 6.07 Å². The van der Waals surface area contributed by atoms with Crippen molar-refractivity contribution < 1.29 is 0 Å². The Morgan fingerprint density at radius 2 is 0.792 bits per heavy atom. The van der Waals surface area contributed by atoms with Crippen molar-refractivity contribution in [1.29, 1.82) is 10.5 Å². The fourth-order valence-corrected chi connectivity index (χ4v) is 7.30. The van der Waals surface area contributed by atoms with E-state index in [1.165, 1.54) is 21.8 Å². The zero-order valence-electron chi connectivity index (χ0n) is 25.8. The van der Waals surface area contributed by atoms with Gasteiger partial charge in [-0.3, -0.25) is 0 Å². The van der Waals surface area contributed by atoms with Gasteiger partial charge in [-0.2, -0.15) is 10.5 Å². The zero-order chi connectivity index (χ0) is 32.2. The molecule has 0 radical (unpaired) electrons. The van der Waals surface area contributed by atoms with E-state index in [0.29, 0.717) is 16.7 Å². The fourth-order valence-electron chi connectivity index (χ4n) is 7.30. The molecule has 7 aromatic carbocycles. The van der Waals surface area contributed by atoms with Gasteiger partial charge in [-0.25, -0.2) is 0 Å². The summed E-state index contributed by atoms with van der Waals surface area (Å²) in [5.74, 6) is 0. The first-order valence-corrected chi connectivity index (χ1v) is 15.9. The predicted molar refractivity (Wildman–Crippen MR) is 195 cm³/mol. The summed E-state index contributed by atoms with van der Waals surface area (Å²) < 4.78 is 4.64. The van der Waals surface area contributed by atoms with E-state index in [1.54, 1.807) is 18.2 Å². The molecule has 0 bridgehead atoms. The molecular weight excluding hydrogens is 585 g/mol. The molecule has 9 rings (SSSR count). The van der Waals surface area contributed by atoms with Crippen molar-refractivity contribution in [3.63, 3.8) is 0 Å². The number of fused-ring (bicyclic) bond motifs is 6. The summed E-state index contributed by atoms with van der Waals surface area (Å²) in [6.45, 7) is 0. The summed E-state index contributed by atoms with van der Waals surface area (Å²) in [5, 5.41) is 24.6. The number of nitriles is 2. The normalized spacial score (nSPS) is 11.3. The van der Waals surface area contributed by atoms with E-state index >= 15 is 0 Å². The van der Waals surface area contributed by atoms with Gasteiger partial charge in [0.1, 0.15) is 0 Å². The van der Waals surface area contributed by atoms with Crippen molar-refractivity contribution in [1.82, 2.24) is 9.13 Å². The van der Waals surface area contributed by atoms with Gasteiger partial charge in [0.15, 0.2) is 0 Å². The van der Waals surface area contributed by atoms with Gasteiger partial charge >= 0.3 is 0 Å². The van der Waals surface area contributed by atoms with Crippen LogP contribution >= 0.6 is 0 Å². The van der Waals surface area contributed by atoms with Crippen LogP contribution in [0.25, 0.3) is 77.2 Å². The maximum absolute atomic E-state index is 9.92. The van der Waals surface area contributed by atoms with Crippen LogP contribution in [0, 0.1) is 22.7 Å². The molecule has 4 heteroatoms. The molecule has 0 fully saturated rings. The second-order valence-electron chi connectivity index (χ2n) is 12.0. The highest BCUT2D eigenvalue weighted by molar-refractivity contribution is 6.11. The molecule has 222 valence electrons. The number of nitrogens with zero attached hydrogens (tertiary/aromatic N) is 4. The Labute approximate surface area is 277 Å². The molecule has 0 amide bonds. The Morgan fingerprint density at radius 3 is 1.29 bits per heavy atom. The summed E-state index contributed by atoms with van der Waals surface area (Å²) in [5.41, 5.74) is 11.3. The highest BCUT2D eigenvalue weighted by atomic mass is 15.0. The molecule has 0 N–H and O–H groups in total. The Kier molecular flexibility index (Phi) is 6.22. The second-order valence-corrected chi connectivity index (χ2v) is 12.0. The molecule has 0 saturated heterocycles. The average molecular weight is 611 g/mol. The zero-order valence-corrected chi connectivity index (χ0v) is 25.8. The lowest BCUT2D eigenvalue weighted by molar-refractivity contribution is 1.17. The van der Waals surface area contributed by atoms with E-state index in [2.05, 4.69) is 155 Å². The number of rotatable bonds is 4. The molecule has 9 aromatic rings. The largest absolute Gasteiger partial charge is 0.309 e. The minimum atomic E-state index is 0.487. The molecular formula is C44H26N4. The predicted octanol–water partition coefficient (Wildman–Crippen LogP) is 11.0. The molecule has 0 atom stereocenters. The minimum absolute atomic E-state index is 0.487. The number of hydrogen-bond donors (Lipinski definition) is 0. The van der Waals surface area contributed by atoms with Crippen molar-refractivity contribution in [2.75, 3.05) is 0 Å². The molecule has 0 aliphatic rings. The van der Waals surface area contributed by atoms with Crippen molar-refractivity contribution in [2.45, 2.75) is 0 Å². The van der Waals surface area contributed by atoms with Crippen LogP contribution in [0.5, 0.6) is 0 Å². The van der Waals surface area contributed by atoms with Crippen LogP contribution in [-0.4, -0.2) is 9.13 Å². The first-order chi connectivity index (χ1) is 23.7. The van der Waals surface area contributed by atoms with Crippen molar-refractivity contribution in [3.8, 4) is 45.8 Å². The monoisotopic (exact) mass is 610 g/mol. The van der Waals surface area contributed by atoms with Crippen LogP contribution in [0.3, 0.4) is 0 Å². The lowest BCUT2D eigenvalue weighted by atomic mass is 9.94. The van der Waals surface area contributed by atoms with Crippen molar-refractivity contribution >= 4 is 43.6 Å². The maximum Gasteiger partial charge on any atom is 0.0998 e. The molecule has 2 aromatic heterocycles. The average Bonchev–Trinajstić information content (AvgIpc) is 3.67. The summed E-state index contributed by atoms with van der Waals surface area (Å²) >= 11 is 0. The van der Waals surface area contributed by atoms with E-state index in [-0.39, 0.29) is 0 Å². The van der Waals surface area contributed by atoms with Crippen LogP contribution in [0.1, 0.15) is 11.1 Å². The third kappa shape index (κ3) is 4.14. The Balaban J connectivity index is 1.23. The molecule has 0 saturated carbocycles. The van der Waals surface area contributed by atoms with Crippen LogP contribution in [-0.2, 0) is 0 Å². The smallest absolute Gasteiger partial charge is 0.0998 e. The quantitative estimate of drug-likeness (QED) is 0.199. The molecule has 0 spiro atoms. The molecule has 48 heavy (non-hydrogen) atoms. The minimum Gasteiger partial charge on any atom is -0.309 e. The first-order valence-electron chi connectivity index (χ1n) is 15.9. The van der Waals surface area contributed by atoms with Gasteiger partial charge in [-0.05, 0) is 77.4 Å². The van der Waals surface area contributed by atoms with Gasteiger partial charge in [-0.1, -0.05) is 97.1 Å². The van der Waals surface area contributed by atoms with Gasteiger partial charge in [0.25, 0.3) is 0 Å². The third-order valence-corrected chi connectivity index (χ3v) is 9.39. The lowest BCUT2D eigenvalue weighted by Crippen LogP contribution is -1.96. The van der Waals surface area contributed by atoms with Gasteiger partial charge < -0.3 is 9.13 Å². The summed E-state index contributed by atoms with van der Waals surface area (Å²) in [7, 11) is 0. The van der Waals surface area contributed by atoms with Gasteiger partial charge in [0, 0.05) is 38.5 Å². The number of benzene rings is 7. The first kappa shape index (κ1) is 27.4. The molecule has 0 unspecified atom stereocenters. The topological polar surface area (TPSA) is 57.4 Å². The van der Waals surface area contributed by atoms with Gasteiger partial charge in [0.05, 0.1) is 45.3 Å². The van der Waals surface area contributed by atoms with Crippen LogP contribution in [0.15, 0.2) is 158 Å². The van der Waals surface area contributed by atoms with E-state index in [0.717, 1.165) is 49.9 Å². The number of hydrogen-bond acceptors (Lipinski definition) is 2. The van der Waals surface area contributed by atoms with E-state index in [9.17, 15) is 10.5 Å². The van der Waals surface area contributed by atoms with Gasteiger partial charge in [0.2, 0.25) is 0 Å². The van der Waals surface area contributed by atoms with Crippen LogP contribution in [0.4, 0.5) is 0 Å². The molecule has 4 nitrogen and oxygen atoms in total. The van der Waals surface area contributed by atoms with Crippen molar-refractivity contribution in [3.05, 3.63) is 169 Å². The highest BCUT2D eigenvalue weighted by Gasteiger charge is 2.17. The summed E-state index contributed by atoms with van der Waals surface area (Å²) in [6.07, 6.45) is 0. The maximum atomic E-state index is 9.92. The summed E-state index contributed by atoms with van der Waals surface area (Å²) in [6, 6.07) is 59.1. The highest BCUT2D eigenvalue weighted by Crippen LogP contribution is 2.38. The second kappa shape index (κ2) is 10.9. The number of para-hydroxylation sites is 3. The SMILES string of the molecule is N#Cc1cccc(C#N)c1-c1ccc2c3ccccc3n(-c3cccc(-c4cccc(-n5c6ccccc6c6ccccc65)c4)c3)c2c1. The van der Waals surface area contributed by atoms with E-state index < -0.39 is 0 Å². The Morgan fingerprint density at radius 1 is 0.354 bits per heavy atom. The summed E-state index contributed by atoms with van der Waals surface area (Å²) in [4.78, 5) is 0. The van der Waals surface area contributed by atoms with Gasteiger partial charge in [-0.15, -0.1) is 0 Å². The molecule has 0 aliphatic heterocycles. The Bertz CT molecular complexity index is 2730. The standard InChI is InChI=1S/C44H26N4/c45-27-32-12-7-13-33(28-46)44(32)31-22-23-39-38-18-3-6-21-42(38)48(43(39)26-31)35-15-9-11-30(25-35)29-10-8-14-34(24-29)47-40-19-4-1-16-36(40)37-17-2-5-20-41(37)47/h1-26H. The third-order valence-electron chi connectivity index (χ3n) is 9.39. The fraction of sp³-hybridized carbons (Fsp3) is 0. The van der Waals surface area contributed by atoms with Crippen LogP contribution < -0.4 is 0 Å². The lowest BCUT2D eigenvalue weighted by Gasteiger charge is -2.13.